The van der Waals surface area contributed by atoms with Crippen LogP contribution in [0.3, 0.4) is 0 Å². The van der Waals surface area contributed by atoms with Crippen LogP contribution in [0, 0.1) is 37.5 Å². The molecule has 0 fully saturated rings. The topological polar surface area (TPSA) is 135 Å². The molecule has 106 heavy (non-hydrogen) atoms. The Kier molecular flexibility index (Phi) is 29.0. The molecule has 3 N–H and O–H groups in total. The van der Waals surface area contributed by atoms with E-state index < -0.39 is 5.97 Å². The Bertz CT molecular complexity index is 4550. The quantitative estimate of drug-likeness (QED) is 0.0255. The second-order valence-electron chi connectivity index (χ2n) is 28.2. The second kappa shape index (κ2) is 40.1. The molecule has 2 aliphatic rings. The summed E-state index contributed by atoms with van der Waals surface area (Å²) in [6, 6.07) is 53.2. The number of fused-ring (bicyclic) bond motifs is 8. The highest BCUT2D eigenvalue weighted by Crippen LogP contribution is 2.46. The van der Waals surface area contributed by atoms with Gasteiger partial charge in [-0.3, -0.25) is 0 Å². The van der Waals surface area contributed by atoms with E-state index in [0.29, 0.717) is 94.4 Å². The number of anilines is 3. The molecule has 0 saturated carbocycles. The minimum absolute atomic E-state index is 0.148. The van der Waals surface area contributed by atoms with Gasteiger partial charge in [0.05, 0.1) is 88.1 Å². The molecule has 11 rings (SSSR count). The standard InChI is InChI=1S/C95H107N5O6/c1-7-11-15-19-23-27-64-103-87-36-32-37-88(104-65-28-24-20-16-12-8-2)93(87)91-83-60-56-79(96-83)77(54-46-71-44-52-76(53-45-71)100(74-48-40-69(5)41-49-74)75-50-42-70(6)43-51-75)80-57-61-84(97-80)92(94-89(105-66-29-25-21-17-13-9-3)38-33-39-90(94)106-67-30-26-22-18-14-10-4)86-63-59-82(99-86)78(81-58-62-85(91)98-81)55-47-72-34-31-35-73(68-72)95(101)102/h31-45,48-53,56-63,68,96,99H,7-30,64-67H2,1-6H3,(H,101,102). The van der Waals surface area contributed by atoms with Crippen LogP contribution in [0.2, 0.25) is 0 Å². The van der Waals surface area contributed by atoms with Gasteiger partial charge in [0, 0.05) is 50.3 Å². The molecule has 9 aromatic rings. The van der Waals surface area contributed by atoms with E-state index >= 15 is 0 Å². The van der Waals surface area contributed by atoms with Gasteiger partial charge in [-0.25, -0.2) is 14.8 Å². The third-order valence-corrected chi connectivity index (χ3v) is 19.7. The van der Waals surface area contributed by atoms with Crippen LogP contribution in [0.4, 0.5) is 17.1 Å². The maximum Gasteiger partial charge on any atom is 0.335 e. The Morgan fingerprint density at radius 3 is 1.07 bits per heavy atom. The van der Waals surface area contributed by atoms with Gasteiger partial charge in [-0.2, -0.15) is 0 Å². The van der Waals surface area contributed by atoms with Crippen LogP contribution >= 0.6 is 0 Å². The number of hydrogen-bond donors (Lipinski definition) is 3. The van der Waals surface area contributed by atoms with E-state index in [0.717, 1.165) is 138 Å². The number of hydrogen-bond acceptors (Lipinski definition) is 8. The Morgan fingerprint density at radius 2 is 0.689 bits per heavy atom. The molecule has 11 heteroatoms. The van der Waals surface area contributed by atoms with Gasteiger partial charge < -0.3 is 38.9 Å². The molecule has 0 spiro atoms. The van der Waals surface area contributed by atoms with Crippen molar-refractivity contribution in [2.24, 2.45) is 0 Å². The average molecular weight is 1410 g/mol. The maximum absolute atomic E-state index is 12.4. The van der Waals surface area contributed by atoms with E-state index in [9.17, 15) is 9.90 Å². The number of carboxylic acid groups (broad SMARTS) is 1. The largest absolute Gasteiger partial charge is 0.493 e. The minimum atomic E-state index is -1.03. The van der Waals surface area contributed by atoms with Crippen LogP contribution in [0.5, 0.6) is 23.0 Å². The molecule has 0 aliphatic carbocycles. The van der Waals surface area contributed by atoms with E-state index in [-0.39, 0.29) is 5.56 Å². The molecule has 3 aromatic heterocycles. The molecule has 0 radical (unpaired) electrons. The van der Waals surface area contributed by atoms with Crippen molar-refractivity contribution in [3.8, 4) is 68.9 Å². The lowest BCUT2D eigenvalue weighted by molar-refractivity contribution is 0.0696. The molecule has 0 amide bonds. The number of aryl methyl sites for hydroxylation is 2. The van der Waals surface area contributed by atoms with E-state index in [4.69, 9.17) is 28.9 Å². The molecule has 11 nitrogen and oxygen atoms in total. The lowest BCUT2D eigenvalue weighted by atomic mass is 10.0. The Labute approximate surface area is 630 Å². The number of carbonyl (C=O) groups is 1. The fourth-order valence-corrected chi connectivity index (χ4v) is 13.8. The Morgan fingerprint density at radius 1 is 0.358 bits per heavy atom. The van der Waals surface area contributed by atoms with Gasteiger partial charge in [0.2, 0.25) is 0 Å². The number of rotatable bonds is 38. The van der Waals surface area contributed by atoms with Crippen molar-refractivity contribution >= 4 is 69.4 Å². The third kappa shape index (κ3) is 20.9. The zero-order valence-electron chi connectivity index (χ0n) is 63.4. The zero-order valence-corrected chi connectivity index (χ0v) is 63.4. The van der Waals surface area contributed by atoms with Crippen LogP contribution < -0.4 is 23.8 Å². The molecule has 5 heterocycles. The first kappa shape index (κ1) is 76.6. The predicted octanol–water partition coefficient (Wildman–Crippen LogP) is 25.5. The van der Waals surface area contributed by atoms with Crippen molar-refractivity contribution in [3.05, 3.63) is 219 Å². The molecule has 0 saturated heterocycles. The van der Waals surface area contributed by atoms with Gasteiger partial charge >= 0.3 is 5.97 Å². The van der Waals surface area contributed by atoms with Gasteiger partial charge in [-0.05, 0) is 179 Å². The predicted molar refractivity (Wildman–Crippen MR) is 441 cm³/mol. The number of nitrogens with zero attached hydrogens (tertiary/aromatic N) is 3. The average Bonchev–Trinajstić information content (AvgIpc) is 1.46. The minimum Gasteiger partial charge on any atom is -0.493 e. The number of aromatic nitrogens is 4. The summed E-state index contributed by atoms with van der Waals surface area (Å²) in [4.78, 5) is 33.9. The SMILES string of the molecule is CCCCCCCCOc1cccc(OCCCCCCCC)c1-c1c2nc(c(C#Cc3cccc(C(=O)O)c3)c3ccc([nH]3)c(-c3c(OCCCCCCCC)cccc3OCCCCCCCC)c3nc(c(C#Cc4ccc(N(c5ccc(C)cc5)c5ccc(C)cc5)cc4)c4ccc1[nH]4)C=C3)C=C2. The van der Waals surface area contributed by atoms with Crippen molar-refractivity contribution in [2.75, 3.05) is 31.3 Å². The summed E-state index contributed by atoms with van der Waals surface area (Å²) in [7, 11) is 0. The fourth-order valence-electron chi connectivity index (χ4n) is 13.8. The Hall–Kier alpha value is -10.5. The van der Waals surface area contributed by atoms with Crippen molar-refractivity contribution < 1.29 is 28.8 Å². The first-order valence-corrected chi connectivity index (χ1v) is 39.5. The van der Waals surface area contributed by atoms with Gasteiger partial charge in [0.25, 0.3) is 0 Å². The number of nitrogens with one attached hydrogen (secondary N) is 2. The molecular weight excluding hydrogens is 1310 g/mol. The highest BCUT2D eigenvalue weighted by Gasteiger charge is 2.25. The molecule has 2 aliphatic heterocycles. The van der Waals surface area contributed by atoms with E-state index in [2.05, 4.69) is 220 Å². The smallest absolute Gasteiger partial charge is 0.335 e. The third-order valence-electron chi connectivity index (χ3n) is 19.7. The summed E-state index contributed by atoms with van der Waals surface area (Å²) >= 11 is 0. The zero-order chi connectivity index (χ0) is 73.7. The highest BCUT2D eigenvalue weighted by molar-refractivity contribution is 5.99. The van der Waals surface area contributed by atoms with Crippen molar-refractivity contribution in [1.29, 1.82) is 0 Å². The fraction of sp³-hybridized carbons (Fsp3) is 0.358. The molecule has 0 atom stereocenters. The second-order valence-corrected chi connectivity index (χ2v) is 28.2. The van der Waals surface area contributed by atoms with Crippen LogP contribution in [0.25, 0.3) is 68.6 Å². The number of benzene rings is 6. The summed E-state index contributed by atoms with van der Waals surface area (Å²) in [6.07, 6.45) is 35.3. The summed E-state index contributed by atoms with van der Waals surface area (Å²) in [5.74, 6) is 16.1. The molecular formula is C95H107N5O6. The number of aromatic carboxylic acids is 1. The highest BCUT2D eigenvalue weighted by atomic mass is 16.5. The molecule has 6 aromatic carbocycles. The van der Waals surface area contributed by atoms with E-state index in [1.165, 1.54) is 88.2 Å². The first-order chi connectivity index (χ1) is 52.1. The van der Waals surface area contributed by atoms with Crippen LogP contribution in [0.15, 0.2) is 158 Å². The normalized spacial score (nSPS) is 11.5. The number of unbranched alkanes of at least 4 members (excludes halogenated alkanes) is 20. The summed E-state index contributed by atoms with van der Waals surface area (Å²) in [5.41, 5.74) is 17.1. The summed E-state index contributed by atoms with van der Waals surface area (Å²) in [6.45, 7) is 15.4. The lowest BCUT2D eigenvalue weighted by Gasteiger charge is -2.25. The first-order valence-electron chi connectivity index (χ1n) is 39.5. The van der Waals surface area contributed by atoms with Crippen molar-refractivity contribution in [2.45, 2.75) is 196 Å². The van der Waals surface area contributed by atoms with Crippen molar-refractivity contribution in [3.63, 3.8) is 0 Å². The Balaban J connectivity index is 1.17. The summed E-state index contributed by atoms with van der Waals surface area (Å²) < 4.78 is 27.9. The summed E-state index contributed by atoms with van der Waals surface area (Å²) in [5, 5.41) is 10.2. The van der Waals surface area contributed by atoms with E-state index in [1.54, 1.807) is 18.2 Å². The number of aromatic amines is 2. The van der Waals surface area contributed by atoms with Crippen LogP contribution in [0.1, 0.15) is 248 Å². The van der Waals surface area contributed by atoms with Gasteiger partial charge in [0.1, 0.15) is 23.0 Å². The monoisotopic (exact) mass is 1410 g/mol. The molecule has 8 bridgehead atoms. The van der Waals surface area contributed by atoms with Crippen LogP contribution in [-0.2, 0) is 0 Å². The number of ether oxygens (including phenoxy) is 4. The van der Waals surface area contributed by atoms with Crippen LogP contribution in [-0.4, -0.2) is 57.4 Å². The number of H-pyrrole nitrogens is 2. The number of carboxylic acids is 1. The lowest BCUT2D eigenvalue weighted by Crippen LogP contribution is -2.09. The van der Waals surface area contributed by atoms with Gasteiger partial charge in [-0.1, -0.05) is 233 Å². The van der Waals surface area contributed by atoms with E-state index in [1.807, 2.05) is 24.3 Å². The molecule has 548 valence electrons. The molecule has 0 unspecified atom stereocenters. The van der Waals surface area contributed by atoms with Gasteiger partial charge in [0.15, 0.2) is 0 Å². The maximum atomic E-state index is 12.4. The van der Waals surface area contributed by atoms with Crippen molar-refractivity contribution in [1.82, 2.24) is 19.9 Å². The van der Waals surface area contributed by atoms with Gasteiger partial charge in [-0.15, -0.1) is 0 Å².